The number of ether oxygens (including phenoxy) is 1. The number of nitrogens with one attached hydrogen (secondary N) is 1. The number of unbranched alkanes of at least 4 members (excludes halogenated alkanes) is 58. The van der Waals surface area contributed by atoms with Crippen molar-refractivity contribution in [1.82, 2.24) is 5.32 Å². The molecule has 6 heteroatoms. The van der Waals surface area contributed by atoms with Crippen LogP contribution in [-0.2, 0) is 14.3 Å². The molecule has 0 bridgehead atoms. The standard InChI is InChI=1S/C72H143NO5/c1-3-5-7-9-11-13-15-17-19-21-23-26-29-32-36-40-44-48-52-56-60-64-70(75)69(68-74)73-71(76)65-61-57-53-49-45-41-37-33-30-27-24-25-28-31-35-39-43-47-51-55-59-63-67-78-72(77)66-62-58-54-50-46-42-38-34-22-20-18-16-14-12-10-8-6-4-2/h69-70,74-75H,3-68H2,1-2H3,(H,73,76). The second-order valence-corrected chi connectivity index (χ2v) is 25.3. The summed E-state index contributed by atoms with van der Waals surface area (Å²) < 4.78 is 5.51. The first-order valence-electron chi connectivity index (χ1n) is 36.3. The van der Waals surface area contributed by atoms with E-state index in [9.17, 15) is 19.8 Å². The van der Waals surface area contributed by atoms with Crippen molar-refractivity contribution < 1.29 is 24.5 Å². The molecule has 466 valence electrons. The Morgan fingerprint density at radius 2 is 0.526 bits per heavy atom. The molecule has 0 heterocycles. The second kappa shape index (κ2) is 68.4. The summed E-state index contributed by atoms with van der Waals surface area (Å²) in [5.41, 5.74) is 0. The maximum Gasteiger partial charge on any atom is 0.305 e. The number of hydrogen-bond donors (Lipinski definition) is 3. The van der Waals surface area contributed by atoms with Crippen LogP contribution in [0.15, 0.2) is 0 Å². The van der Waals surface area contributed by atoms with E-state index in [1.165, 1.54) is 353 Å². The number of carbonyl (C=O) groups excluding carboxylic acids is 2. The van der Waals surface area contributed by atoms with Crippen molar-refractivity contribution in [3.63, 3.8) is 0 Å². The Morgan fingerprint density at radius 1 is 0.308 bits per heavy atom. The topological polar surface area (TPSA) is 95.9 Å². The number of aliphatic hydroxyl groups is 2. The minimum atomic E-state index is -0.664. The zero-order valence-corrected chi connectivity index (χ0v) is 53.4. The van der Waals surface area contributed by atoms with Gasteiger partial charge in [0.15, 0.2) is 0 Å². The van der Waals surface area contributed by atoms with Crippen LogP contribution in [0.1, 0.15) is 425 Å². The summed E-state index contributed by atoms with van der Waals surface area (Å²) >= 11 is 0. The van der Waals surface area contributed by atoms with E-state index in [1.54, 1.807) is 0 Å². The van der Waals surface area contributed by atoms with E-state index in [0.717, 1.165) is 38.5 Å². The van der Waals surface area contributed by atoms with Gasteiger partial charge in [-0.3, -0.25) is 9.59 Å². The molecule has 0 rings (SSSR count). The minimum absolute atomic E-state index is 0.0194. The number of hydrogen-bond acceptors (Lipinski definition) is 5. The van der Waals surface area contributed by atoms with Gasteiger partial charge in [-0.25, -0.2) is 0 Å². The molecule has 0 aliphatic rings. The van der Waals surface area contributed by atoms with Crippen molar-refractivity contribution in [3.05, 3.63) is 0 Å². The van der Waals surface area contributed by atoms with Crippen LogP contribution < -0.4 is 5.32 Å². The third-order valence-electron chi connectivity index (χ3n) is 17.4. The van der Waals surface area contributed by atoms with E-state index in [1.807, 2.05) is 0 Å². The molecule has 0 aliphatic heterocycles. The van der Waals surface area contributed by atoms with Crippen LogP contribution in [0.25, 0.3) is 0 Å². The van der Waals surface area contributed by atoms with Crippen LogP contribution in [0, 0.1) is 0 Å². The number of amides is 1. The predicted octanol–water partition coefficient (Wildman–Crippen LogP) is 23.4. The molecule has 0 spiro atoms. The fourth-order valence-electron chi connectivity index (χ4n) is 11.9. The van der Waals surface area contributed by atoms with Crippen molar-refractivity contribution in [1.29, 1.82) is 0 Å². The van der Waals surface area contributed by atoms with Crippen LogP contribution in [0.3, 0.4) is 0 Å². The summed E-state index contributed by atoms with van der Waals surface area (Å²) in [7, 11) is 0. The number of rotatable bonds is 69. The van der Waals surface area contributed by atoms with Crippen molar-refractivity contribution >= 4 is 11.9 Å². The van der Waals surface area contributed by atoms with Crippen molar-refractivity contribution in [2.45, 2.75) is 437 Å². The molecular weight excluding hydrogens is 959 g/mol. The molecule has 0 radical (unpaired) electrons. The quantitative estimate of drug-likeness (QED) is 0.0417. The van der Waals surface area contributed by atoms with Gasteiger partial charge in [-0.2, -0.15) is 0 Å². The van der Waals surface area contributed by atoms with Gasteiger partial charge in [-0.1, -0.05) is 386 Å². The van der Waals surface area contributed by atoms with Gasteiger partial charge in [0.25, 0.3) is 0 Å². The van der Waals surface area contributed by atoms with Crippen LogP contribution in [-0.4, -0.2) is 47.4 Å². The summed E-state index contributed by atoms with van der Waals surface area (Å²) in [5, 5.41) is 23.4. The first kappa shape index (κ1) is 76.9. The molecule has 0 saturated heterocycles. The molecule has 6 nitrogen and oxygen atoms in total. The Morgan fingerprint density at radius 3 is 0.782 bits per heavy atom. The number of aliphatic hydroxyl groups excluding tert-OH is 2. The van der Waals surface area contributed by atoms with E-state index in [4.69, 9.17) is 4.74 Å². The highest BCUT2D eigenvalue weighted by atomic mass is 16.5. The third-order valence-corrected chi connectivity index (χ3v) is 17.4. The lowest BCUT2D eigenvalue weighted by atomic mass is 10.0. The first-order chi connectivity index (χ1) is 38.5. The fourth-order valence-corrected chi connectivity index (χ4v) is 11.9. The minimum Gasteiger partial charge on any atom is -0.466 e. The average Bonchev–Trinajstić information content (AvgIpc) is 3.44. The van der Waals surface area contributed by atoms with Crippen LogP contribution in [0.5, 0.6) is 0 Å². The van der Waals surface area contributed by atoms with Crippen molar-refractivity contribution in [3.8, 4) is 0 Å². The van der Waals surface area contributed by atoms with Crippen LogP contribution >= 0.6 is 0 Å². The highest BCUT2D eigenvalue weighted by molar-refractivity contribution is 5.76. The lowest BCUT2D eigenvalue weighted by molar-refractivity contribution is -0.143. The molecule has 0 aliphatic carbocycles. The van der Waals surface area contributed by atoms with Crippen molar-refractivity contribution in [2.24, 2.45) is 0 Å². The lowest BCUT2D eigenvalue weighted by Crippen LogP contribution is -2.45. The predicted molar refractivity (Wildman–Crippen MR) is 343 cm³/mol. The Hall–Kier alpha value is -1.14. The monoisotopic (exact) mass is 1100 g/mol. The Kier molecular flexibility index (Phi) is 67.4. The highest BCUT2D eigenvalue weighted by Gasteiger charge is 2.20. The molecule has 0 aromatic rings. The summed E-state index contributed by atoms with van der Waals surface area (Å²) in [6.45, 7) is 5.01. The summed E-state index contributed by atoms with van der Waals surface area (Å²) in [6.07, 6.45) is 82.9. The van der Waals surface area contributed by atoms with Gasteiger partial charge in [-0.15, -0.1) is 0 Å². The van der Waals surface area contributed by atoms with E-state index < -0.39 is 12.1 Å². The molecule has 1 amide bonds. The highest BCUT2D eigenvalue weighted by Crippen LogP contribution is 2.20. The lowest BCUT2D eigenvalue weighted by Gasteiger charge is -2.22. The third kappa shape index (κ3) is 64.0. The Balaban J connectivity index is 3.35. The first-order valence-corrected chi connectivity index (χ1v) is 36.3. The summed E-state index contributed by atoms with van der Waals surface area (Å²) in [5.74, 6) is -0.0101. The SMILES string of the molecule is CCCCCCCCCCCCCCCCCCCCCCCC(O)C(CO)NC(=O)CCCCCCCCCCCCCCCCCCCCCCCCOC(=O)CCCCCCCCCCCCCCCCCCCC. The summed E-state index contributed by atoms with van der Waals surface area (Å²) in [4.78, 5) is 24.7. The summed E-state index contributed by atoms with van der Waals surface area (Å²) in [6, 6.07) is -0.542. The maximum absolute atomic E-state index is 12.5. The zero-order chi connectivity index (χ0) is 56.4. The molecule has 0 saturated carbocycles. The second-order valence-electron chi connectivity index (χ2n) is 25.3. The molecule has 2 unspecified atom stereocenters. The van der Waals surface area contributed by atoms with Gasteiger partial charge in [0.2, 0.25) is 5.91 Å². The Labute approximate surface area is 489 Å². The van der Waals surface area contributed by atoms with Gasteiger partial charge >= 0.3 is 5.97 Å². The molecule has 3 N–H and O–H groups in total. The number of carbonyl (C=O) groups is 2. The largest absolute Gasteiger partial charge is 0.466 e. The van der Waals surface area contributed by atoms with Crippen LogP contribution in [0.4, 0.5) is 0 Å². The van der Waals surface area contributed by atoms with Crippen LogP contribution in [0.2, 0.25) is 0 Å². The maximum atomic E-state index is 12.5. The fraction of sp³-hybridized carbons (Fsp3) is 0.972. The zero-order valence-electron chi connectivity index (χ0n) is 53.4. The van der Waals surface area contributed by atoms with Gasteiger partial charge < -0.3 is 20.3 Å². The molecule has 0 aromatic heterocycles. The molecular formula is C72H143NO5. The van der Waals surface area contributed by atoms with Crippen molar-refractivity contribution in [2.75, 3.05) is 13.2 Å². The van der Waals surface area contributed by atoms with Gasteiger partial charge in [0.1, 0.15) is 0 Å². The number of esters is 1. The Bertz CT molecular complexity index is 1130. The van der Waals surface area contributed by atoms with E-state index in [0.29, 0.717) is 25.9 Å². The average molecular weight is 1100 g/mol. The smallest absolute Gasteiger partial charge is 0.305 e. The van der Waals surface area contributed by atoms with E-state index in [2.05, 4.69) is 19.2 Å². The molecule has 0 fully saturated rings. The van der Waals surface area contributed by atoms with E-state index >= 15 is 0 Å². The van der Waals surface area contributed by atoms with Gasteiger partial charge in [0, 0.05) is 12.8 Å². The van der Waals surface area contributed by atoms with Gasteiger partial charge in [0.05, 0.1) is 25.4 Å². The van der Waals surface area contributed by atoms with E-state index in [-0.39, 0.29) is 18.5 Å². The molecule has 78 heavy (non-hydrogen) atoms. The normalized spacial score (nSPS) is 12.4. The molecule has 0 aromatic carbocycles. The van der Waals surface area contributed by atoms with Gasteiger partial charge in [-0.05, 0) is 25.7 Å². The molecule has 2 atom stereocenters.